The molecule has 1 heterocycles. The molecule has 2 N–H and O–H groups in total. The quantitative estimate of drug-likeness (QED) is 0.404. The van der Waals surface area contributed by atoms with Crippen molar-refractivity contribution in [3.05, 3.63) is 87.1 Å². The van der Waals surface area contributed by atoms with Crippen LogP contribution in [0.2, 0.25) is 0 Å². The zero-order valence-corrected chi connectivity index (χ0v) is 22.7. The molecule has 0 saturated heterocycles. The Morgan fingerprint density at radius 2 is 1.64 bits per heavy atom. The molecule has 0 saturated carbocycles. The van der Waals surface area contributed by atoms with Gasteiger partial charge in [0.05, 0.1) is 11.4 Å². The van der Waals surface area contributed by atoms with Gasteiger partial charge >= 0.3 is 0 Å². The molecule has 1 aromatic heterocycles. The monoisotopic (exact) mass is 505 g/mol. The van der Waals surface area contributed by atoms with Gasteiger partial charge in [0.2, 0.25) is 11.8 Å². The first kappa shape index (κ1) is 27.1. The van der Waals surface area contributed by atoms with Gasteiger partial charge in [-0.3, -0.25) is 19.3 Å². The van der Waals surface area contributed by atoms with Crippen molar-refractivity contribution >= 4 is 34.7 Å². The Labute approximate surface area is 217 Å². The molecule has 3 rings (SSSR count). The number of anilines is 1. The average molecular weight is 506 g/mol. The van der Waals surface area contributed by atoms with E-state index in [0.717, 1.165) is 23.1 Å². The summed E-state index contributed by atoms with van der Waals surface area (Å²) in [5.41, 5.74) is 3.76. The summed E-state index contributed by atoms with van der Waals surface area (Å²) in [5.74, 6) is -0.962. The Morgan fingerprint density at radius 3 is 2.25 bits per heavy atom. The predicted octanol–water partition coefficient (Wildman–Crippen LogP) is 5.48. The molecule has 2 aromatic carbocycles. The Morgan fingerprint density at radius 1 is 0.972 bits per heavy atom. The molecule has 0 aliphatic carbocycles. The molecule has 1 atom stereocenters. The number of hydrogen-bond donors (Lipinski definition) is 2. The molecular formula is C29H35N3O3S. The van der Waals surface area contributed by atoms with Crippen LogP contribution in [0.4, 0.5) is 5.69 Å². The van der Waals surface area contributed by atoms with Gasteiger partial charge in [0, 0.05) is 11.2 Å². The fourth-order valence-corrected chi connectivity index (χ4v) is 4.43. The Bertz CT molecular complexity index is 1220. The summed E-state index contributed by atoms with van der Waals surface area (Å²) in [7, 11) is 0. The highest BCUT2D eigenvalue weighted by atomic mass is 32.1. The van der Waals surface area contributed by atoms with Crippen molar-refractivity contribution in [2.75, 3.05) is 11.4 Å². The van der Waals surface area contributed by atoms with E-state index >= 15 is 0 Å². The van der Waals surface area contributed by atoms with Crippen LogP contribution in [0.1, 0.15) is 65.2 Å². The van der Waals surface area contributed by atoms with E-state index in [9.17, 15) is 14.4 Å². The van der Waals surface area contributed by atoms with Gasteiger partial charge in [-0.05, 0) is 75.2 Å². The van der Waals surface area contributed by atoms with Gasteiger partial charge in [0.1, 0.15) is 6.04 Å². The van der Waals surface area contributed by atoms with Crippen LogP contribution in [0.15, 0.2) is 60.0 Å². The number of carbonyl (C=O) groups is 3. The normalized spacial score (nSPS) is 12.1. The van der Waals surface area contributed by atoms with Crippen molar-refractivity contribution in [3.8, 4) is 0 Å². The van der Waals surface area contributed by atoms with Gasteiger partial charge < -0.3 is 10.6 Å². The topological polar surface area (TPSA) is 78.5 Å². The summed E-state index contributed by atoms with van der Waals surface area (Å²) >= 11 is 1.31. The molecule has 7 heteroatoms. The summed E-state index contributed by atoms with van der Waals surface area (Å²) in [6.45, 7) is 11.5. The van der Waals surface area contributed by atoms with E-state index in [0.29, 0.717) is 16.1 Å². The molecule has 0 radical (unpaired) electrons. The number of rotatable bonds is 9. The lowest BCUT2D eigenvalue weighted by Crippen LogP contribution is -2.52. The summed E-state index contributed by atoms with van der Waals surface area (Å²) in [5, 5.41) is 7.67. The second-order valence-corrected chi connectivity index (χ2v) is 10.7. The zero-order chi connectivity index (χ0) is 26.5. The van der Waals surface area contributed by atoms with Gasteiger partial charge in [-0.2, -0.15) is 0 Å². The molecule has 36 heavy (non-hydrogen) atoms. The summed E-state index contributed by atoms with van der Waals surface area (Å²) in [6.07, 6.45) is 0.730. The highest BCUT2D eigenvalue weighted by molar-refractivity contribution is 7.12. The van der Waals surface area contributed by atoms with E-state index in [1.165, 1.54) is 16.2 Å². The number of carbonyl (C=O) groups excluding carboxylic acids is 3. The SMILES string of the molecule is CCC(C)(C)NC(=O)[C@H](c1ccc(C)cc1)N(C(=O)CNC(=O)c1cccs1)c1cc(C)ccc1C. The molecule has 0 unspecified atom stereocenters. The third kappa shape index (κ3) is 6.61. The first-order valence-corrected chi connectivity index (χ1v) is 13.0. The minimum atomic E-state index is -0.914. The van der Waals surface area contributed by atoms with Crippen molar-refractivity contribution < 1.29 is 14.4 Å². The summed E-state index contributed by atoms with van der Waals surface area (Å²) in [6, 6.07) is 16.0. The van der Waals surface area contributed by atoms with Crippen LogP contribution in [0.3, 0.4) is 0 Å². The first-order chi connectivity index (χ1) is 17.0. The summed E-state index contributed by atoms with van der Waals surface area (Å²) < 4.78 is 0. The Balaban J connectivity index is 2.08. The fourth-order valence-electron chi connectivity index (χ4n) is 3.79. The Hall–Kier alpha value is -3.45. The molecule has 3 aromatic rings. The predicted molar refractivity (Wildman–Crippen MR) is 146 cm³/mol. The van der Waals surface area contributed by atoms with E-state index in [-0.39, 0.29) is 24.3 Å². The van der Waals surface area contributed by atoms with Crippen molar-refractivity contribution in [2.24, 2.45) is 0 Å². The third-order valence-corrected chi connectivity index (χ3v) is 7.15. The van der Waals surface area contributed by atoms with Crippen LogP contribution >= 0.6 is 11.3 Å². The molecule has 0 spiro atoms. The largest absolute Gasteiger partial charge is 0.349 e. The summed E-state index contributed by atoms with van der Waals surface area (Å²) in [4.78, 5) is 42.3. The van der Waals surface area contributed by atoms with Crippen molar-refractivity contribution in [1.82, 2.24) is 10.6 Å². The molecule has 0 aliphatic heterocycles. The lowest BCUT2D eigenvalue weighted by Gasteiger charge is -2.35. The maximum absolute atomic E-state index is 13.9. The lowest BCUT2D eigenvalue weighted by atomic mass is 9.97. The highest BCUT2D eigenvalue weighted by Crippen LogP contribution is 2.32. The van der Waals surface area contributed by atoms with Gasteiger partial charge in [0.25, 0.3) is 5.91 Å². The maximum atomic E-state index is 13.9. The average Bonchev–Trinajstić information content (AvgIpc) is 3.38. The first-order valence-electron chi connectivity index (χ1n) is 12.1. The minimum absolute atomic E-state index is 0.239. The third-order valence-electron chi connectivity index (χ3n) is 6.28. The van der Waals surface area contributed by atoms with Gasteiger partial charge in [-0.15, -0.1) is 11.3 Å². The molecule has 3 amide bonds. The van der Waals surface area contributed by atoms with Crippen LogP contribution in [-0.4, -0.2) is 29.8 Å². The van der Waals surface area contributed by atoms with Crippen molar-refractivity contribution in [3.63, 3.8) is 0 Å². The van der Waals surface area contributed by atoms with Crippen LogP contribution in [0.5, 0.6) is 0 Å². The van der Waals surface area contributed by atoms with E-state index in [1.54, 1.807) is 12.1 Å². The van der Waals surface area contributed by atoms with Crippen LogP contribution in [0.25, 0.3) is 0 Å². The Kier molecular flexibility index (Phi) is 8.69. The number of nitrogens with one attached hydrogen (secondary N) is 2. The van der Waals surface area contributed by atoms with E-state index in [2.05, 4.69) is 10.6 Å². The molecular weight excluding hydrogens is 470 g/mol. The highest BCUT2D eigenvalue weighted by Gasteiger charge is 2.35. The number of hydrogen-bond acceptors (Lipinski definition) is 4. The van der Waals surface area contributed by atoms with Crippen LogP contribution in [-0.2, 0) is 9.59 Å². The van der Waals surface area contributed by atoms with E-state index < -0.39 is 11.6 Å². The fraction of sp³-hybridized carbons (Fsp3) is 0.345. The second-order valence-electron chi connectivity index (χ2n) is 9.75. The molecule has 0 bridgehead atoms. The maximum Gasteiger partial charge on any atom is 0.261 e. The molecule has 0 fully saturated rings. The van der Waals surface area contributed by atoms with E-state index in [1.807, 2.05) is 89.4 Å². The number of amides is 3. The zero-order valence-electron chi connectivity index (χ0n) is 21.8. The lowest BCUT2D eigenvalue weighted by molar-refractivity contribution is -0.127. The molecule has 6 nitrogen and oxygen atoms in total. The minimum Gasteiger partial charge on any atom is -0.349 e. The second kappa shape index (κ2) is 11.5. The standard InChI is InChI=1S/C29H35N3O3S/c1-7-29(5,6)31-28(35)26(22-14-11-19(2)12-15-22)32(23-17-20(3)10-13-21(23)4)25(33)18-30-27(34)24-9-8-16-36-24/h8-17,26H,7,18H2,1-6H3,(H,30,34)(H,31,35)/t26-/m0/s1. The van der Waals surface area contributed by atoms with Crippen molar-refractivity contribution in [1.29, 1.82) is 0 Å². The van der Waals surface area contributed by atoms with Crippen LogP contribution < -0.4 is 15.5 Å². The molecule has 0 aliphatic rings. The molecule has 190 valence electrons. The van der Waals surface area contributed by atoms with Crippen molar-refractivity contribution in [2.45, 2.75) is 59.5 Å². The van der Waals surface area contributed by atoms with Gasteiger partial charge in [0.15, 0.2) is 0 Å². The number of benzene rings is 2. The van der Waals surface area contributed by atoms with E-state index in [4.69, 9.17) is 0 Å². The number of aryl methyl sites for hydroxylation is 3. The number of thiophene rings is 1. The smallest absolute Gasteiger partial charge is 0.261 e. The number of nitrogens with zero attached hydrogens (tertiary/aromatic N) is 1. The van der Waals surface area contributed by atoms with Crippen LogP contribution in [0, 0.1) is 20.8 Å². The van der Waals surface area contributed by atoms with Gasteiger partial charge in [-0.25, -0.2) is 0 Å². The van der Waals surface area contributed by atoms with Gasteiger partial charge in [-0.1, -0.05) is 55.0 Å².